The van der Waals surface area contributed by atoms with Gasteiger partial charge in [0.15, 0.2) is 11.4 Å². The molecule has 1 aromatic carbocycles. The molecule has 2 amide bonds. The number of benzene rings is 1. The van der Waals surface area contributed by atoms with Gasteiger partial charge in [0.2, 0.25) is 5.91 Å². The Morgan fingerprint density at radius 1 is 1.33 bits per heavy atom. The molecule has 0 bridgehead atoms. The SMILES string of the molecule is COc1cn(-c2ccccc2)nc1C(=O)NC1CCCCNC1=O. The van der Waals surface area contributed by atoms with Gasteiger partial charge in [0, 0.05) is 6.54 Å². The molecule has 2 heterocycles. The molecule has 126 valence electrons. The van der Waals surface area contributed by atoms with Gasteiger partial charge in [0.1, 0.15) is 6.04 Å². The maximum atomic E-state index is 12.5. The van der Waals surface area contributed by atoms with Gasteiger partial charge in [-0.25, -0.2) is 4.68 Å². The molecule has 0 aliphatic carbocycles. The third kappa shape index (κ3) is 3.40. The number of rotatable bonds is 4. The van der Waals surface area contributed by atoms with E-state index in [4.69, 9.17) is 4.74 Å². The second-order valence-electron chi connectivity index (χ2n) is 5.64. The van der Waals surface area contributed by atoms with Crippen LogP contribution in [0.5, 0.6) is 5.75 Å². The number of carbonyl (C=O) groups is 2. The minimum Gasteiger partial charge on any atom is -0.493 e. The fourth-order valence-electron chi connectivity index (χ4n) is 2.68. The zero-order valence-corrected chi connectivity index (χ0v) is 13.5. The largest absolute Gasteiger partial charge is 0.493 e. The number of amides is 2. The smallest absolute Gasteiger partial charge is 0.276 e. The quantitative estimate of drug-likeness (QED) is 0.885. The summed E-state index contributed by atoms with van der Waals surface area (Å²) < 4.78 is 6.85. The monoisotopic (exact) mass is 328 g/mol. The highest BCUT2D eigenvalue weighted by atomic mass is 16.5. The fraction of sp³-hybridized carbons (Fsp3) is 0.353. The Labute approximate surface area is 140 Å². The summed E-state index contributed by atoms with van der Waals surface area (Å²) in [5.74, 6) is -0.198. The molecule has 2 aromatic rings. The summed E-state index contributed by atoms with van der Waals surface area (Å²) in [6.07, 6.45) is 4.08. The van der Waals surface area contributed by atoms with Crippen LogP contribution in [0.15, 0.2) is 36.5 Å². The van der Waals surface area contributed by atoms with Crippen molar-refractivity contribution in [3.63, 3.8) is 0 Å². The molecule has 1 saturated heterocycles. The third-order valence-electron chi connectivity index (χ3n) is 3.98. The van der Waals surface area contributed by atoms with E-state index >= 15 is 0 Å². The van der Waals surface area contributed by atoms with Crippen molar-refractivity contribution in [2.24, 2.45) is 0 Å². The van der Waals surface area contributed by atoms with Crippen molar-refractivity contribution >= 4 is 11.8 Å². The fourth-order valence-corrected chi connectivity index (χ4v) is 2.68. The zero-order chi connectivity index (χ0) is 16.9. The van der Waals surface area contributed by atoms with Gasteiger partial charge in [-0.3, -0.25) is 9.59 Å². The lowest BCUT2D eigenvalue weighted by Crippen LogP contribution is -2.45. The maximum Gasteiger partial charge on any atom is 0.276 e. The van der Waals surface area contributed by atoms with Crippen LogP contribution < -0.4 is 15.4 Å². The topological polar surface area (TPSA) is 85.2 Å². The average Bonchev–Trinajstić information content (AvgIpc) is 2.95. The lowest BCUT2D eigenvalue weighted by Gasteiger charge is -2.14. The first-order chi connectivity index (χ1) is 11.7. The lowest BCUT2D eigenvalue weighted by molar-refractivity contribution is -0.122. The summed E-state index contributed by atoms with van der Waals surface area (Å²) in [7, 11) is 1.49. The van der Waals surface area contributed by atoms with E-state index in [0.29, 0.717) is 18.7 Å². The van der Waals surface area contributed by atoms with Gasteiger partial charge in [-0.2, -0.15) is 5.10 Å². The third-order valence-corrected chi connectivity index (χ3v) is 3.98. The number of nitrogens with zero attached hydrogens (tertiary/aromatic N) is 2. The van der Waals surface area contributed by atoms with Crippen molar-refractivity contribution in [2.75, 3.05) is 13.7 Å². The second kappa shape index (κ2) is 7.16. The minimum absolute atomic E-state index is 0.151. The molecule has 7 nitrogen and oxygen atoms in total. The van der Waals surface area contributed by atoms with Crippen LogP contribution in [0.4, 0.5) is 0 Å². The minimum atomic E-state index is -0.536. The van der Waals surface area contributed by atoms with E-state index in [0.717, 1.165) is 18.5 Å². The number of methoxy groups -OCH3 is 1. The second-order valence-corrected chi connectivity index (χ2v) is 5.64. The van der Waals surface area contributed by atoms with Gasteiger partial charge in [0.25, 0.3) is 5.91 Å². The van der Waals surface area contributed by atoms with Crippen LogP contribution in [0.25, 0.3) is 5.69 Å². The van der Waals surface area contributed by atoms with Crippen molar-refractivity contribution in [3.05, 3.63) is 42.2 Å². The summed E-state index contributed by atoms with van der Waals surface area (Å²) in [5.41, 5.74) is 0.987. The molecular weight excluding hydrogens is 308 g/mol. The Kier molecular flexibility index (Phi) is 4.79. The number of para-hydroxylation sites is 1. The van der Waals surface area contributed by atoms with Gasteiger partial charge in [-0.15, -0.1) is 0 Å². The van der Waals surface area contributed by atoms with Crippen LogP contribution in [0.3, 0.4) is 0 Å². The van der Waals surface area contributed by atoms with Gasteiger partial charge < -0.3 is 15.4 Å². The Hall–Kier alpha value is -2.83. The number of carbonyl (C=O) groups excluding carboxylic acids is 2. The van der Waals surface area contributed by atoms with Gasteiger partial charge >= 0.3 is 0 Å². The highest BCUT2D eigenvalue weighted by Gasteiger charge is 2.26. The van der Waals surface area contributed by atoms with Gasteiger partial charge in [-0.1, -0.05) is 18.2 Å². The Bertz CT molecular complexity index is 727. The summed E-state index contributed by atoms with van der Waals surface area (Å²) >= 11 is 0. The lowest BCUT2D eigenvalue weighted by atomic mass is 10.1. The van der Waals surface area contributed by atoms with Gasteiger partial charge in [-0.05, 0) is 31.4 Å². The van der Waals surface area contributed by atoms with Crippen LogP contribution in [0, 0.1) is 0 Å². The molecule has 24 heavy (non-hydrogen) atoms. The molecule has 2 N–H and O–H groups in total. The van der Waals surface area contributed by atoms with Crippen LogP contribution >= 0.6 is 0 Å². The van der Waals surface area contributed by atoms with Crippen LogP contribution in [0.2, 0.25) is 0 Å². The number of hydrogen-bond acceptors (Lipinski definition) is 4. The van der Waals surface area contributed by atoms with E-state index < -0.39 is 11.9 Å². The molecule has 1 aromatic heterocycles. The van der Waals surface area contributed by atoms with Crippen molar-refractivity contribution in [1.82, 2.24) is 20.4 Å². The molecule has 7 heteroatoms. The first-order valence-electron chi connectivity index (χ1n) is 7.96. The number of hydrogen-bond donors (Lipinski definition) is 2. The highest BCUT2D eigenvalue weighted by Crippen LogP contribution is 2.20. The summed E-state index contributed by atoms with van der Waals surface area (Å²) in [6, 6.07) is 8.91. The van der Waals surface area contributed by atoms with Crippen molar-refractivity contribution < 1.29 is 14.3 Å². The molecule has 0 spiro atoms. The molecule has 1 aliphatic heterocycles. The predicted molar refractivity (Wildman–Crippen MR) is 88.2 cm³/mol. The standard InChI is InChI=1S/C17H20N4O3/c1-24-14-11-21(12-7-3-2-4-8-12)20-15(14)17(23)19-13-9-5-6-10-18-16(13)22/h2-4,7-8,11,13H,5-6,9-10H2,1H3,(H,18,22)(H,19,23). The van der Waals surface area contributed by atoms with Crippen LogP contribution in [-0.2, 0) is 4.79 Å². The van der Waals surface area contributed by atoms with Crippen molar-refractivity contribution in [1.29, 1.82) is 0 Å². The van der Waals surface area contributed by atoms with Gasteiger partial charge in [0.05, 0.1) is 19.0 Å². The number of aromatic nitrogens is 2. The van der Waals surface area contributed by atoms with E-state index in [2.05, 4.69) is 15.7 Å². The van der Waals surface area contributed by atoms with E-state index in [1.165, 1.54) is 7.11 Å². The number of ether oxygens (including phenoxy) is 1. The van der Waals surface area contributed by atoms with E-state index in [9.17, 15) is 9.59 Å². The zero-order valence-electron chi connectivity index (χ0n) is 13.5. The summed E-state index contributed by atoms with van der Waals surface area (Å²) in [4.78, 5) is 24.5. The maximum absolute atomic E-state index is 12.5. The molecule has 1 atom stereocenters. The average molecular weight is 328 g/mol. The molecule has 0 saturated carbocycles. The molecule has 1 fully saturated rings. The normalized spacial score (nSPS) is 17.7. The Balaban J connectivity index is 1.81. The van der Waals surface area contributed by atoms with Crippen molar-refractivity contribution in [3.8, 4) is 11.4 Å². The highest BCUT2D eigenvalue weighted by molar-refractivity contribution is 5.98. The Morgan fingerprint density at radius 2 is 2.12 bits per heavy atom. The molecule has 0 radical (unpaired) electrons. The van der Waals surface area contributed by atoms with E-state index in [-0.39, 0.29) is 11.6 Å². The first kappa shape index (κ1) is 16.0. The Morgan fingerprint density at radius 3 is 2.88 bits per heavy atom. The molecule has 3 rings (SSSR count). The van der Waals surface area contributed by atoms with E-state index in [1.54, 1.807) is 10.9 Å². The van der Waals surface area contributed by atoms with Crippen LogP contribution in [-0.4, -0.2) is 41.3 Å². The van der Waals surface area contributed by atoms with E-state index in [1.807, 2.05) is 30.3 Å². The van der Waals surface area contributed by atoms with Crippen LogP contribution in [0.1, 0.15) is 29.8 Å². The molecule has 1 unspecified atom stereocenters. The number of nitrogens with one attached hydrogen (secondary N) is 2. The summed E-state index contributed by atoms with van der Waals surface area (Å²) in [5, 5.41) is 9.87. The van der Waals surface area contributed by atoms with Crippen molar-refractivity contribution in [2.45, 2.75) is 25.3 Å². The summed E-state index contributed by atoms with van der Waals surface area (Å²) in [6.45, 7) is 0.650. The molecule has 1 aliphatic rings. The predicted octanol–water partition coefficient (Wildman–Crippen LogP) is 1.28. The first-order valence-corrected chi connectivity index (χ1v) is 7.96. The molecular formula is C17H20N4O3.